The van der Waals surface area contributed by atoms with Crippen molar-refractivity contribution < 1.29 is 0 Å². The minimum atomic E-state index is 0.715. The van der Waals surface area contributed by atoms with E-state index in [-0.39, 0.29) is 0 Å². The fraction of sp³-hybridized carbons (Fsp3) is 0.214. The van der Waals surface area contributed by atoms with Crippen LogP contribution in [0.3, 0.4) is 0 Å². The Balaban J connectivity index is 2.11. The number of likely N-dealkylation sites (N-methyl/N-ethyl adjacent to an activating group) is 1. The quantitative estimate of drug-likeness (QED) is 0.849. The van der Waals surface area contributed by atoms with Gasteiger partial charge >= 0.3 is 0 Å². The number of nitriles is 1. The summed E-state index contributed by atoms with van der Waals surface area (Å²) in [5, 5.41) is 11.2. The van der Waals surface area contributed by atoms with Crippen LogP contribution in [0.2, 0.25) is 0 Å². The monoisotopic (exact) mass is 320 g/mol. The van der Waals surface area contributed by atoms with Crippen molar-refractivity contribution in [2.24, 2.45) is 0 Å². The highest BCUT2D eigenvalue weighted by molar-refractivity contribution is 9.10. The van der Waals surface area contributed by atoms with Gasteiger partial charge in [-0.3, -0.25) is 0 Å². The van der Waals surface area contributed by atoms with E-state index in [2.05, 4.69) is 44.4 Å². The molecule has 0 bridgehead atoms. The Morgan fingerprint density at radius 3 is 2.89 bits per heavy atom. The van der Waals surface area contributed by atoms with E-state index >= 15 is 0 Å². The van der Waals surface area contributed by atoms with Crippen LogP contribution < -0.4 is 4.90 Å². The lowest BCUT2D eigenvalue weighted by molar-refractivity contribution is 0.885. The fourth-order valence-corrected chi connectivity index (χ4v) is 2.82. The van der Waals surface area contributed by atoms with Gasteiger partial charge in [0, 0.05) is 22.9 Å². The molecule has 1 aromatic heterocycles. The molecular formula is C14H13BrN2S. The number of hydrogen-bond donors (Lipinski definition) is 0. The summed E-state index contributed by atoms with van der Waals surface area (Å²) in [7, 11) is 2.02. The van der Waals surface area contributed by atoms with Crippen molar-refractivity contribution in [3.05, 3.63) is 50.6 Å². The zero-order chi connectivity index (χ0) is 13.0. The second-order valence-corrected chi connectivity index (χ2v) is 5.97. The summed E-state index contributed by atoms with van der Waals surface area (Å²) in [4.78, 5) is 3.50. The van der Waals surface area contributed by atoms with Gasteiger partial charge in [0.15, 0.2) is 0 Å². The number of benzene rings is 1. The molecule has 0 saturated carbocycles. The van der Waals surface area contributed by atoms with Crippen LogP contribution in [-0.2, 0) is 6.42 Å². The van der Waals surface area contributed by atoms with Gasteiger partial charge in [0.1, 0.15) is 6.07 Å². The number of anilines is 1. The van der Waals surface area contributed by atoms with Crippen LogP contribution in [0.5, 0.6) is 0 Å². The normalized spacial score (nSPS) is 10.1. The Kier molecular flexibility index (Phi) is 4.40. The number of hydrogen-bond acceptors (Lipinski definition) is 3. The Morgan fingerprint density at radius 1 is 1.39 bits per heavy atom. The van der Waals surface area contributed by atoms with Crippen LogP contribution in [0.1, 0.15) is 10.4 Å². The Morgan fingerprint density at radius 2 is 2.22 bits per heavy atom. The molecule has 18 heavy (non-hydrogen) atoms. The zero-order valence-electron chi connectivity index (χ0n) is 10.1. The van der Waals surface area contributed by atoms with Gasteiger partial charge in [0.05, 0.1) is 11.3 Å². The van der Waals surface area contributed by atoms with Gasteiger partial charge in [0.25, 0.3) is 0 Å². The lowest BCUT2D eigenvalue weighted by Gasteiger charge is -2.20. The molecule has 2 aromatic rings. The molecule has 0 aliphatic heterocycles. The van der Waals surface area contributed by atoms with E-state index in [1.165, 1.54) is 4.88 Å². The molecule has 0 aliphatic rings. The second-order valence-electron chi connectivity index (χ2n) is 4.02. The number of thiophene rings is 1. The maximum absolute atomic E-state index is 9.12. The molecule has 0 N–H and O–H groups in total. The van der Waals surface area contributed by atoms with Gasteiger partial charge in [-0.2, -0.15) is 5.26 Å². The summed E-state index contributed by atoms with van der Waals surface area (Å²) >= 11 is 5.22. The van der Waals surface area contributed by atoms with Crippen molar-refractivity contribution in [1.29, 1.82) is 5.26 Å². The van der Waals surface area contributed by atoms with Crippen LogP contribution in [-0.4, -0.2) is 13.6 Å². The summed E-state index contributed by atoms with van der Waals surface area (Å²) in [6.07, 6.45) is 1.01. The summed E-state index contributed by atoms with van der Waals surface area (Å²) in [6.45, 7) is 0.908. The van der Waals surface area contributed by atoms with Crippen LogP contribution in [0.4, 0.5) is 5.69 Å². The highest BCUT2D eigenvalue weighted by Gasteiger charge is 2.08. The molecule has 2 nitrogen and oxygen atoms in total. The van der Waals surface area contributed by atoms with Gasteiger partial charge in [-0.25, -0.2) is 0 Å². The molecule has 0 amide bonds. The van der Waals surface area contributed by atoms with Crippen LogP contribution in [0.15, 0.2) is 40.2 Å². The second kappa shape index (κ2) is 6.03. The molecule has 92 valence electrons. The van der Waals surface area contributed by atoms with Gasteiger partial charge in [-0.05, 0) is 36.1 Å². The van der Waals surface area contributed by atoms with E-state index in [1.54, 1.807) is 11.3 Å². The molecule has 0 atom stereocenters. The molecule has 0 saturated heterocycles. The Bertz CT molecular complexity index is 558. The minimum Gasteiger partial charge on any atom is -0.373 e. The molecule has 0 unspecified atom stereocenters. The van der Waals surface area contributed by atoms with Crippen molar-refractivity contribution in [2.75, 3.05) is 18.5 Å². The third-order valence-electron chi connectivity index (χ3n) is 2.77. The first kappa shape index (κ1) is 13.1. The molecule has 0 aliphatic carbocycles. The predicted octanol–water partition coefficient (Wildman–Crippen LogP) is 4.06. The molecule has 0 spiro atoms. The third-order valence-corrected chi connectivity index (χ3v) is 4.19. The topological polar surface area (TPSA) is 27.0 Å². The van der Waals surface area contributed by atoms with E-state index in [0.29, 0.717) is 5.56 Å². The third kappa shape index (κ3) is 3.12. The lowest BCUT2D eigenvalue weighted by Crippen LogP contribution is -2.21. The van der Waals surface area contributed by atoms with Gasteiger partial charge < -0.3 is 4.90 Å². The number of halogens is 1. The van der Waals surface area contributed by atoms with E-state index in [0.717, 1.165) is 23.1 Å². The molecule has 0 fully saturated rings. The highest BCUT2D eigenvalue weighted by Crippen LogP contribution is 2.24. The molecule has 1 heterocycles. The van der Waals surface area contributed by atoms with Gasteiger partial charge in [-0.1, -0.05) is 22.0 Å². The maximum Gasteiger partial charge on any atom is 0.101 e. The Labute approximate surface area is 120 Å². The van der Waals surface area contributed by atoms with Crippen molar-refractivity contribution in [3.8, 4) is 6.07 Å². The molecule has 4 heteroatoms. The summed E-state index contributed by atoms with van der Waals surface area (Å²) in [6, 6.07) is 12.2. The zero-order valence-corrected chi connectivity index (χ0v) is 12.5. The number of rotatable bonds is 4. The van der Waals surface area contributed by atoms with Crippen molar-refractivity contribution in [2.45, 2.75) is 6.42 Å². The van der Waals surface area contributed by atoms with E-state index < -0.39 is 0 Å². The SMILES string of the molecule is CN(CCc1cccs1)c1cc(Br)ccc1C#N. The van der Waals surface area contributed by atoms with E-state index in [4.69, 9.17) is 5.26 Å². The standard InChI is InChI=1S/C14H13BrN2S/c1-17(7-6-13-3-2-8-18-13)14-9-12(15)5-4-11(14)10-16/h2-5,8-9H,6-7H2,1H3. The van der Waals surface area contributed by atoms with Crippen molar-refractivity contribution in [1.82, 2.24) is 0 Å². The lowest BCUT2D eigenvalue weighted by atomic mass is 10.1. The Hall–Kier alpha value is -1.31. The summed E-state index contributed by atoms with van der Waals surface area (Å²) in [5.74, 6) is 0. The molecule has 2 rings (SSSR count). The molecular weight excluding hydrogens is 308 g/mol. The van der Waals surface area contributed by atoms with Crippen LogP contribution in [0, 0.1) is 11.3 Å². The predicted molar refractivity (Wildman–Crippen MR) is 80.2 cm³/mol. The van der Waals surface area contributed by atoms with E-state index in [9.17, 15) is 0 Å². The maximum atomic E-state index is 9.12. The first-order valence-corrected chi connectivity index (χ1v) is 7.31. The average Bonchev–Trinajstić information content (AvgIpc) is 2.89. The van der Waals surface area contributed by atoms with Crippen LogP contribution in [0.25, 0.3) is 0 Å². The first-order valence-electron chi connectivity index (χ1n) is 5.64. The first-order chi connectivity index (χ1) is 8.70. The summed E-state index contributed by atoms with van der Waals surface area (Å²) < 4.78 is 1.000. The summed E-state index contributed by atoms with van der Waals surface area (Å²) in [5.41, 5.74) is 1.69. The molecule has 1 aromatic carbocycles. The van der Waals surface area contributed by atoms with Gasteiger partial charge in [0.2, 0.25) is 0 Å². The fourth-order valence-electron chi connectivity index (χ4n) is 1.77. The van der Waals surface area contributed by atoms with E-state index in [1.807, 2.05) is 25.2 Å². The smallest absolute Gasteiger partial charge is 0.101 e. The van der Waals surface area contributed by atoms with Crippen molar-refractivity contribution >= 4 is 33.0 Å². The van der Waals surface area contributed by atoms with Gasteiger partial charge in [-0.15, -0.1) is 11.3 Å². The van der Waals surface area contributed by atoms with Crippen LogP contribution >= 0.6 is 27.3 Å². The largest absolute Gasteiger partial charge is 0.373 e. The average molecular weight is 321 g/mol. The number of nitrogens with zero attached hydrogens (tertiary/aromatic N) is 2. The molecule has 0 radical (unpaired) electrons. The highest BCUT2D eigenvalue weighted by atomic mass is 79.9. The minimum absolute atomic E-state index is 0.715. The van der Waals surface area contributed by atoms with Crippen molar-refractivity contribution in [3.63, 3.8) is 0 Å².